The second kappa shape index (κ2) is 8.21. The predicted molar refractivity (Wildman–Crippen MR) is 112 cm³/mol. The molecule has 0 atom stereocenters. The normalized spacial score (nSPS) is 10.8. The summed E-state index contributed by atoms with van der Waals surface area (Å²) in [4.78, 5) is 35.8. The van der Waals surface area contributed by atoms with E-state index in [0.717, 1.165) is 21.7 Å². The van der Waals surface area contributed by atoms with Crippen LogP contribution in [-0.4, -0.2) is 25.0 Å². The Kier molecular flexibility index (Phi) is 5.30. The van der Waals surface area contributed by atoms with Gasteiger partial charge in [0.25, 0.3) is 0 Å². The molecule has 0 unspecified atom stereocenters. The van der Waals surface area contributed by atoms with E-state index in [1.54, 1.807) is 24.3 Å². The Morgan fingerprint density at radius 2 is 1.70 bits per heavy atom. The lowest BCUT2D eigenvalue weighted by Crippen LogP contribution is -2.19. The number of hydrogen-bond acceptors (Lipinski definition) is 6. The zero-order valence-electron chi connectivity index (χ0n) is 16.2. The maximum Gasteiger partial charge on any atom is 0.344 e. The Bertz CT molecular complexity index is 1320. The van der Waals surface area contributed by atoms with Gasteiger partial charge >= 0.3 is 11.6 Å². The molecule has 0 saturated carbocycles. The van der Waals surface area contributed by atoms with Gasteiger partial charge in [-0.2, -0.15) is 0 Å². The van der Waals surface area contributed by atoms with Gasteiger partial charge in [-0.05, 0) is 41.5 Å². The van der Waals surface area contributed by atoms with Crippen molar-refractivity contribution in [2.75, 3.05) is 13.2 Å². The highest BCUT2D eigenvalue weighted by molar-refractivity contribution is 6.01. The highest BCUT2D eigenvalue weighted by atomic mass is 16.6. The molecule has 0 aliphatic carbocycles. The van der Waals surface area contributed by atoms with E-state index in [9.17, 15) is 14.4 Å². The second-order valence-electron chi connectivity index (χ2n) is 6.84. The number of benzene rings is 3. The van der Waals surface area contributed by atoms with E-state index < -0.39 is 11.6 Å². The van der Waals surface area contributed by atoms with Gasteiger partial charge in [0, 0.05) is 23.1 Å². The number of carbonyl (C=O) groups is 2. The highest BCUT2D eigenvalue weighted by Gasteiger charge is 2.12. The smallest absolute Gasteiger partial charge is 0.344 e. The summed E-state index contributed by atoms with van der Waals surface area (Å²) in [5, 5.41) is 2.75. The van der Waals surface area contributed by atoms with Crippen LogP contribution in [0.25, 0.3) is 21.7 Å². The van der Waals surface area contributed by atoms with Crippen LogP contribution in [0.4, 0.5) is 0 Å². The van der Waals surface area contributed by atoms with Crippen molar-refractivity contribution in [3.8, 4) is 5.75 Å². The van der Waals surface area contributed by atoms with Crippen LogP contribution in [0, 0.1) is 6.92 Å². The van der Waals surface area contributed by atoms with Crippen LogP contribution in [0.5, 0.6) is 5.75 Å². The molecular formula is C24H18O6. The van der Waals surface area contributed by atoms with Gasteiger partial charge in [0.15, 0.2) is 19.0 Å². The third-order valence-electron chi connectivity index (χ3n) is 4.72. The summed E-state index contributed by atoms with van der Waals surface area (Å²) in [5.41, 5.74) is 1.18. The fourth-order valence-electron chi connectivity index (χ4n) is 3.17. The second-order valence-corrected chi connectivity index (χ2v) is 6.84. The lowest BCUT2D eigenvalue weighted by molar-refractivity contribution is -0.144. The molecule has 0 saturated heterocycles. The first-order valence-corrected chi connectivity index (χ1v) is 9.34. The Labute approximate surface area is 171 Å². The Morgan fingerprint density at radius 1 is 0.900 bits per heavy atom. The topological polar surface area (TPSA) is 82.8 Å². The van der Waals surface area contributed by atoms with E-state index in [1.807, 2.05) is 37.3 Å². The van der Waals surface area contributed by atoms with E-state index in [0.29, 0.717) is 16.9 Å². The average Bonchev–Trinajstić information content (AvgIpc) is 2.75. The molecule has 0 aliphatic heterocycles. The molecule has 0 bridgehead atoms. The van der Waals surface area contributed by atoms with Gasteiger partial charge in [0.1, 0.15) is 11.3 Å². The van der Waals surface area contributed by atoms with Gasteiger partial charge in [0.05, 0.1) is 0 Å². The number of rotatable bonds is 6. The van der Waals surface area contributed by atoms with Gasteiger partial charge in [0.2, 0.25) is 0 Å². The van der Waals surface area contributed by atoms with Crippen LogP contribution in [-0.2, 0) is 9.53 Å². The minimum absolute atomic E-state index is 0.294. The summed E-state index contributed by atoms with van der Waals surface area (Å²) in [7, 11) is 0. The molecule has 0 spiro atoms. The summed E-state index contributed by atoms with van der Waals surface area (Å²) in [6.07, 6.45) is 0. The van der Waals surface area contributed by atoms with Gasteiger partial charge in [-0.25, -0.2) is 9.59 Å². The third kappa shape index (κ3) is 4.22. The lowest BCUT2D eigenvalue weighted by atomic mass is 10.0. The molecule has 0 radical (unpaired) electrons. The monoisotopic (exact) mass is 402 g/mol. The molecule has 150 valence electrons. The molecule has 3 aromatic carbocycles. The third-order valence-corrected chi connectivity index (χ3v) is 4.72. The van der Waals surface area contributed by atoms with Crippen LogP contribution in [0.3, 0.4) is 0 Å². The molecule has 30 heavy (non-hydrogen) atoms. The van der Waals surface area contributed by atoms with Crippen LogP contribution in [0.2, 0.25) is 0 Å². The number of Topliss-reactive ketones (excluding diaryl/α,β-unsaturated/α-hetero) is 1. The maximum absolute atomic E-state index is 12.3. The van der Waals surface area contributed by atoms with Crippen molar-refractivity contribution in [3.63, 3.8) is 0 Å². The maximum atomic E-state index is 12.3. The molecule has 6 heteroatoms. The largest absolute Gasteiger partial charge is 0.482 e. The summed E-state index contributed by atoms with van der Waals surface area (Å²) in [5.74, 6) is -0.610. The Morgan fingerprint density at radius 3 is 2.53 bits per heavy atom. The highest BCUT2D eigenvalue weighted by Crippen LogP contribution is 2.22. The summed E-state index contributed by atoms with van der Waals surface area (Å²) >= 11 is 0. The van der Waals surface area contributed by atoms with Crippen molar-refractivity contribution < 1.29 is 23.5 Å². The summed E-state index contributed by atoms with van der Waals surface area (Å²) < 4.78 is 15.6. The van der Waals surface area contributed by atoms with Crippen molar-refractivity contribution in [1.82, 2.24) is 0 Å². The SMILES string of the molecule is Cc1cc(=O)oc2cc(OCC(=O)OCC(=O)c3ccc4ccccc4c3)ccc12. The molecule has 6 nitrogen and oxygen atoms in total. The van der Waals surface area contributed by atoms with Gasteiger partial charge in [-0.15, -0.1) is 0 Å². The zero-order valence-corrected chi connectivity index (χ0v) is 16.2. The van der Waals surface area contributed by atoms with E-state index in [2.05, 4.69) is 0 Å². The molecule has 4 aromatic rings. The van der Waals surface area contributed by atoms with E-state index in [4.69, 9.17) is 13.9 Å². The fourth-order valence-corrected chi connectivity index (χ4v) is 3.17. The van der Waals surface area contributed by atoms with Crippen molar-refractivity contribution in [3.05, 3.63) is 88.3 Å². The molecule has 0 N–H and O–H groups in total. The predicted octanol–water partition coefficient (Wildman–Crippen LogP) is 4.06. The van der Waals surface area contributed by atoms with Gasteiger partial charge in [-0.3, -0.25) is 4.79 Å². The first-order chi connectivity index (χ1) is 14.5. The van der Waals surface area contributed by atoms with Crippen LogP contribution < -0.4 is 10.4 Å². The minimum Gasteiger partial charge on any atom is -0.482 e. The minimum atomic E-state index is -0.671. The standard InChI is InChI=1S/C24H18O6/c1-15-10-23(26)30-22-12-19(8-9-20(15)22)28-14-24(27)29-13-21(25)18-7-6-16-4-2-3-5-17(16)11-18/h2-12H,13-14H2,1H3. The first-order valence-electron chi connectivity index (χ1n) is 9.34. The van der Waals surface area contributed by atoms with Gasteiger partial charge < -0.3 is 13.9 Å². The van der Waals surface area contributed by atoms with E-state index in [-0.39, 0.29) is 19.0 Å². The Hall–Kier alpha value is -3.93. The fraction of sp³-hybridized carbons (Fsp3) is 0.125. The number of ether oxygens (including phenoxy) is 2. The van der Waals surface area contributed by atoms with E-state index >= 15 is 0 Å². The Balaban J connectivity index is 1.35. The molecule has 4 rings (SSSR count). The first kappa shape index (κ1) is 19.4. The van der Waals surface area contributed by atoms with Gasteiger partial charge in [-0.1, -0.05) is 36.4 Å². The molecular weight excluding hydrogens is 384 g/mol. The number of ketones is 1. The molecule has 0 fully saturated rings. The van der Waals surface area contributed by atoms with Crippen LogP contribution >= 0.6 is 0 Å². The van der Waals surface area contributed by atoms with Crippen molar-refractivity contribution in [1.29, 1.82) is 0 Å². The van der Waals surface area contributed by atoms with Crippen LogP contribution in [0.1, 0.15) is 15.9 Å². The molecule has 1 heterocycles. The molecule has 1 aromatic heterocycles. The zero-order chi connectivity index (χ0) is 21.1. The summed E-state index contributed by atoms with van der Waals surface area (Å²) in [6, 6.07) is 19.4. The number of esters is 1. The van der Waals surface area contributed by atoms with Crippen molar-refractivity contribution >= 4 is 33.5 Å². The van der Waals surface area contributed by atoms with Crippen molar-refractivity contribution in [2.24, 2.45) is 0 Å². The molecule has 0 amide bonds. The van der Waals surface area contributed by atoms with E-state index in [1.165, 1.54) is 12.1 Å². The van der Waals surface area contributed by atoms with Crippen molar-refractivity contribution in [2.45, 2.75) is 6.92 Å². The number of aryl methyl sites for hydroxylation is 1. The number of carbonyl (C=O) groups excluding carboxylic acids is 2. The average molecular weight is 402 g/mol. The van der Waals surface area contributed by atoms with Crippen LogP contribution in [0.15, 0.2) is 75.9 Å². The number of hydrogen-bond donors (Lipinski definition) is 0. The summed E-state index contributed by atoms with van der Waals surface area (Å²) in [6.45, 7) is 1.07. The molecule has 0 aliphatic rings. The number of fused-ring (bicyclic) bond motifs is 2. The lowest BCUT2D eigenvalue weighted by Gasteiger charge is -2.08. The quantitative estimate of drug-likeness (QED) is 0.275.